The van der Waals surface area contributed by atoms with E-state index in [0.717, 1.165) is 53.2 Å². The average Bonchev–Trinajstić information content (AvgIpc) is 3.11. The summed E-state index contributed by atoms with van der Waals surface area (Å²) >= 11 is 1.50. The highest BCUT2D eigenvalue weighted by molar-refractivity contribution is 8.03. The van der Waals surface area contributed by atoms with Crippen molar-refractivity contribution >= 4 is 28.9 Å². The van der Waals surface area contributed by atoms with Crippen molar-refractivity contribution in [3.05, 3.63) is 59.1 Å². The number of carbonyl (C=O) groups excluding carboxylic acids is 1. The molecule has 2 aromatic carbocycles. The van der Waals surface area contributed by atoms with Crippen molar-refractivity contribution in [3.63, 3.8) is 0 Å². The van der Waals surface area contributed by atoms with Crippen LogP contribution in [0.5, 0.6) is 5.75 Å². The molecular weight excluding hydrogens is 396 g/mol. The Labute approximate surface area is 181 Å². The molecule has 0 aromatic heterocycles. The third-order valence-corrected chi connectivity index (χ3v) is 6.89. The fourth-order valence-electron chi connectivity index (χ4n) is 4.00. The summed E-state index contributed by atoms with van der Waals surface area (Å²) in [5.74, 6) is 0.787. The van der Waals surface area contributed by atoms with Gasteiger partial charge in [0.1, 0.15) is 29.0 Å². The molecule has 0 atom stereocenters. The van der Waals surface area contributed by atoms with Gasteiger partial charge in [0.25, 0.3) is 0 Å². The van der Waals surface area contributed by atoms with E-state index < -0.39 is 0 Å². The number of fused-ring (bicyclic) bond motifs is 1. The minimum atomic E-state index is -0.0830. The number of carbonyl (C=O) groups is 1. The zero-order valence-corrected chi connectivity index (χ0v) is 18.0. The first-order chi connectivity index (χ1) is 14.6. The predicted octanol–water partition coefficient (Wildman–Crippen LogP) is 1.95. The van der Waals surface area contributed by atoms with Crippen LogP contribution < -0.4 is 19.4 Å². The fourth-order valence-corrected chi connectivity index (χ4v) is 5.16. The summed E-state index contributed by atoms with van der Waals surface area (Å²) in [5.41, 5.74) is 2.39. The normalized spacial score (nSPS) is 18.0. The summed E-state index contributed by atoms with van der Waals surface area (Å²) in [6.07, 6.45) is 0. The lowest BCUT2D eigenvalue weighted by Crippen LogP contribution is -3.15. The summed E-state index contributed by atoms with van der Waals surface area (Å²) in [6, 6.07) is 18.2. The first kappa shape index (κ1) is 20.3. The van der Waals surface area contributed by atoms with Gasteiger partial charge in [0.2, 0.25) is 5.78 Å². The number of hydrogen-bond donors (Lipinski definition) is 1. The maximum Gasteiger partial charge on any atom is 0.230 e. The number of ether oxygens (including phenoxy) is 1. The Bertz CT molecular complexity index is 1020. The molecule has 0 spiro atoms. The van der Waals surface area contributed by atoms with Crippen LogP contribution in [-0.2, 0) is 4.79 Å². The van der Waals surface area contributed by atoms with Crippen LogP contribution in [0.1, 0.15) is 0 Å². The van der Waals surface area contributed by atoms with Crippen LogP contribution in [0.2, 0.25) is 0 Å². The van der Waals surface area contributed by atoms with E-state index in [1.54, 1.807) is 7.11 Å². The first-order valence-corrected chi connectivity index (χ1v) is 10.8. The van der Waals surface area contributed by atoms with Gasteiger partial charge in [0, 0.05) is 11.9 Å². The Hall–Kier alpha value is -2.95. The molecule has 1 N–H and O–H groups in total. The third-order valence-electron chi connectivity index (χ3n) is 5.65. The molecule has 2 aromatic rings. The van der Waals surface area contributed by atoms with Gasteiger partial charge in [-0.2, -0.15) is 5.26 Å². The van der Waals surface area contributed by atoms with Gasteiger partial charge in [-0.3, -0.25) is 4.79 Å². The number of para-hydroxylation sites is 3. The number of Topliss-reactive ketones (excluding diaryl/α,β-unsaturated/α-hetero) is 1. The number of thioether (sulfide) groups is 1. The van der Waals surface area contributed by atoms with E-state index in [-0.39, 0.29) is 11.4 Å². The lowest BCUT2D eigenvalue weighted by atomic mass is 10.1. The smallest absolute Gasteiger partial charge is 0.230 e. The molecule has 2 aliphatic heterocycles. The quantitative estimate of drug-likeness (QED) is 0.588. The monoisotopic (exact) mass is 421 g/mol. The van der Waals surface area contributed by atoms with Gasteiger partial charge in [-0.1, -0.05) is 36.0 Å². The summed E-state index contributed by atoms with van der Waals surface area (Å²) in [5, 5.41) is 10.5. The van der Waals surface area contributed by atoms with E-state index in [9.17, 15) is 10.1 Å². The highest BCUT2D eigenvalue weighted by Crippen LogP contribution is 2.45. The number of quaternary nitrogens is 1. The number of rotatable bonds is 5. The largest absolute Gasteiger partial charge is 0.495 e. The van der Waals surface area contributed by atoms with Crippen molar-refractivity contribution in [2.24, 2.45) is 0 Å². The molecule has 6 nitrogen and oxygen atoms in total. The van der Waals surface area contributed by atoms with E-state index in [0.29, 0.717) is 6.54 Å². The predicted molar refractivity (Wildman–Crippen MR) is 119 cm³/mol. The number of benzene rings is 2. The number of ketones is 1. The second-order valence-corrected chi connectivity index (χ2v) is 8.46. The van der Waals surface area contributed by atoms with Crippen molar-refractivity contribution < 1.29 is 14.4 Å². The van der Waals surface area contributed by atoms with Crippen LogP contribution >= 0.6 is 11.8 Å². The molecule has 0 saturated carbocycles. The number of hydrogen-bond acceptors (Lipinski definition) is 6. The maximum absolute atomic E-state index is 13.0. The highest BCUT2D eigenvalue weighted by Gasteiger charge is 2.30. The lowest BCUT2D eigenvalue weighted by Gasteiger charge is -2.34. The van der Waals surface area contributed by atoms with Gasteiger partial charge in [-0.05, 0) is 24.3 Å². The Morgan fingerprint density at radius 2 is 1.80 bits per heavy atom. The van der Waals surface area contributed by atoms with Crippen LogP contribution in [-0.4, -0.2) is 52.7 Å². The summed E-state index contributed by atoms with van der Waals surface area (Å²) in [4.78, 5) is 19.5. The zero-order chi connectivity index (χ0) is 21.1. The number of methoxy groups -OCH3 is 1. The van der Waals surface area contributed by atoms with Crippen LogP contribution in [0.3, 0.4) is 0 Å². The standard InChI is InChI=1S/C23H24N4O2S/c1-25-19-8-4-6-10-22(19)30-23(25)17(15-24)20(28)16-26-11-13-27(14-12-26)18-7-3-5-9-21(18)29-2/h3-10H,11-14,16H2,1-2H3/p+1/b23-17-. The molecule has 0 radical (unpaired) electrons. The zero-order valence-electron chi connectivity index (χ0n) is 17.2. The number of piperazine rings is 1. The highest BCUT2D eigenvalue weighted by atomic mass is 32.2. The number of nitriles is 1. The molecule has 0 aliphatic carbocycles. The SMILES string of the molecule is COc1ccccc1N1CC[NH+](CC(=O)/C(C#N)=C2\Sc3ccccc3N2C)CC1. The van der Waals surface area contributed by atoms with E-state index in [4.69, 9.17) is 4.74 Å². The molecule has 0 amide bonds. The molecule has 0 unspecified atom stereocenters. The molecule has 1 fully saturated rings. The molecule has 1 saturated heterocycles. The van der Waals surface area contributed by atoms with Gasteiger partial charge in [-0.15, -0.1) is 0 Å². The van der Waals surface area contributed by atoms with Crippen molar-refractivity contribution in [3.8, 4) is 11.8 Å². The maximum atomic E-state index is 13.0. The Balaban J connectivity index is 1.42. The second kappa shape index (κ2) is 8.82. The van der Waals surface area contributed by atoms with Crippen molar-refractivity contribution in [1.82, 2.24) is 0 Å². The minimum Gasteiger partial charge on any atom is -0.495 e. The molecule has 2 heterocycles. The lowest BCUT2D eigenvalue weighted by molar-refractivity contribution is -0.892. The van der Waals surface area contributed by atoms with E-state index >= 15 is 0 Å². The van der Waals surface area contributed by atoms with Gasteiger partial charge < -0.3 is 19.4 Å². The fraction of sp³-hybridized carbons (Fsp3) is 0.304. The first-order valence-electron chi connectivity index (χ1n) is 10.0. The van der Waals surface area contributed by atoms with Gasteiger partial charge in [-0.25, -0.2) is 0 Å². The van der Waals surface area contributed by atoms with Crippen molar-refractivity contribution in [1.29, 1.82) is 5.26 Å². The van der Waals surface area contributed by atoms with E-state index in [2.05, 4.69) is 17.0 Å². The molecule has 4 rings (SSSR count). The number of nitrogens with one attached hydrogen (secondary N) is 1. The van der Waals surface area contributed by atoms with E-state index in [1.165, 1.54) is 16.7 Å². The molecule has 0 bridgehead atoms. The summed E-state index contributed by atoms with van der Waals surface area (Å²) in [7, 11) is 3.60. The Morgan fingerprint density at radius 1 is 1.13 bits per heavy atom. The van der Waals surface area contributed by atoms with Crippen LogP contribution in [0.15, 0.2) is 64.0 Å². The molecule has 30 heavy (non-hydrogen) atoms. The molecule has 2 aliphatic rings. The van der Waals surface area contributed by atoms with Gasteiger partial charge in [0.15, 0.2) is 0 Å². The molecule has 7 heteroatoms. The molecular formula is C23H25N4O2S+. The summed E-state index contributed by atoms with van der Waals surface area (Å²) in [6.45, 7) is 3.74. The van der Waals surface area contributed by atoms with Crippen LogP contribution in [0, 0.1) is 11.3 Å². The van der Waals surface area contributed by atoms with Gasteiger partial charge in [0.05, 0.1) is 44.7 Å². The summed E-state index contributed by atoms with van der Waals surface area (Å²) < 4.78 is 5.48. The number of anilines is 2. The number of nitrogens with zero attached hydrogens (tertiary/aromatic N) is 3. The van der Waals surface area contributed by atoms with Gasteiger partial charge >= 0.3 is 0 Å². The van der Waals surface area contributed by atoms with Crippen LogP contribution in [0.4, 0.5) is 11.4 Å². The third kappa shape index (κ3) is 3.89. The Morgan fingerprint density at radius 3 is 2.47 bits per heavy atom. The van der Waals surface area contributed by atoms with Crippen molar-refractivity contribution in [2.75, 3.05) is 56.7 Å². The minimum absolute atomic E-state index is 0.0830. The Kier molecular flexibility index (Phi) is 5.98. The average molecular weight is 422 g/mol. The van der Waals surface area contributed by atoms with E-state index in [1.807, 2.05) is 54.4 Å². The topological polar surface area (TPSA) is 61.0 Å². The molecule has 154 valence electrons. The van der Waals surface area contributed by atoms with Crippen LogP contribution in [0.25, 0.3) is 0 Å². The van der Waals surface area contributed by atoms with Crippen molar-refractivity contribution in [2.45, 2.75) is 4.90 Å². The second-order valence-electron chi connectivity index (χ2n) is 7.43.